The van der Waals surface area contributed by atoms with Crippen molar-refractivity contribution in [3.05, 3.63) is 64.9 Å². The number of benzene rings is 1. The molecule has 1 aromatic carbocycles. The SMILES string of the molecule is COCCN(Cc1ccccc1)C(=O)c1cnccc1Cl. The zero-order valence-corrected chi connectivity index (χ0v) is 12.6. The Labute approximate surface area is 129 Å². The van der Waals surface area contributed by atoms with Crippen LogP contribution >= 0.6 is 11.6 Å². The molecule has 0 aliphatic carbocycles. The van der Waals surface area contributed by atoms with Crippen LogP contribution in [0.1, 0.15) is 15.9 Å². The Hall–Kier alpha value is -1.91. The van der Waals surface area contributed by atoms with Crippen molar-refractivity contribution in [3.63, 3.8) is 0 Å². The van der Waals surface area contributed by atoms with Gasteiger partial charge in [-0.2, -0.15) is 0 Å². The Morgan fingerprint density at radius 3 is 2.71 bits per heavy atom. The predicted molar refractivity (Wildman–Crippen MR) is 82.3 cm³/mol. The van der Waals surface area contributed by atoms with Crippen LogP contribution < -0.4 is 0 Å². The topological polar surface area (TPSA) is 42.4 Å². The second-order valence-corrected chi connectivity index (χ2v) is 4.97. The second-order valence-electron chi connectivity index (χ2n) is 4.56. The van der Waals surface area contributed by atoms with Gasteiger partial charge in [-0.05, 0) is 11.6 Å². The van der Waals surface area contributed by atoms with Gasteiger partial charge in [-0.1, -0.05) is 41.9 Å². The second kappa shape index (κ2) is 7.76. The van der Waals surface area contributed by atoms with Gasteiger partial charge in [0.1, 0.15) is 0 Å². The van der Waals surface area contributed by atoms with Gasteiger partial charge in [0.15, 0.2) is 0 Å². The first-order valence-electron chi connectivity index (χ1n) is 6.64. The van der Waals surface area contributed by atoms with E-state index in [9.17, 15) is 4.79 Å². The van der Waals surface area contributed by atoms with Crippen molar-refractivity contribution < 1.29 is 9.53 Å². The Morgan fingerprint density at radius 2 is 2.05 bits per heavy atom. The lowest BCUT2D eigenvalue weighted by atomic mass is 10.2. The van der Waals surface area contributed by atoms with Gasteiger partial charge >= 0.3 is 0 Å². The van der Waals surface area contributed by atoms with Crippen molar-refractivity contribution in [2.24, 2.45) is 0 Å². The minimum Gasteiger partial charge on any atom is -0.383 e. The third-order valence-electron chi connectivity index (χ3n) is 3.07. The van der Waals surface area contributed by atoms with Crippen molar-refractivity contribution in [1.29, 1.82) is 0 Å². The first-order chi connectivity index (χ1) is 10.2. The maximum atomic E-state index is 12.6. The summed E-state index contributed by atoms with van der Waals surface area (Å²) in [5, 5.41) is 0.408. The number of ether oxygens (including phenoxy) is 1. The number of halogens is 1. The smallest absolute Gasteiger partial charge is 0.257 e. The van der Waals surface area contributed by atoms with Crippen molar-refractivity contribution in [3.8, 4) is 0 Å². The molecule has 110 valence electrons. The number of methoxy groups -OCH3 is 1. The third kappa shape index (κ3) is 4.28. The molecule has 2 aromatic rings. The van der Waals surface area contributed by atoms with Crippen molar-refractivity contribution in [2.75, 3.05) is 20.3 Å². The van der Waals surface area contributed by atoms with E-state index in [1.165, 1.54) is 6.20 Å². The molecule has 0 saturated carbocycles. The van der Waals surface area contributed by atoms with Crippen LogP contribution in [0.5, 0.6) is 0 Å². The maximum absolute atomic E-state index is 12.6. The third-order valence-corrected chi connectivity index (χ3v) is 3.40. The fraction of sp³-hybridized carbons (Fsp3) is 0.250. The Bertz CT molecular complexity index is 590. The van der Waals surface area contributed by atoms with Crippen LogP contribution in [0, 0.1) is 0 Å². The lowest BCUT2D eigenvalue weighted by Crippen LogP contribution is -2.33. The fourth-order valence-corrected chi connectivity index (χ4v) is 2.15. The monoisotopic (exact) mass is 304 g/mol. The van der Waals surface area contributed by atoms with Gasteiger partial charge < -0.3 is 9.64 Å². The number of rotatable bonds is 6. The molecule has 0 radical (unpaired) electrons. The molecule has 0 aliphatic heterocycles. The maximum Gasteiger partial charge on any atom is 0.257 e. The predicted octanol–water partition coefficient (Wildman–Crippen LogP) is 3.02. The standard InChI is InChI=1S/C16H17ClN2O2/c1-21-10-9-19(12-13-5-3-2-4-6-13)16(20)14-11-18-8-7-15(14)17/h2-8,11H,9-10,12H2,1H3. The highest BCUT2D eigenvalue weighted by molar-refractivity contribution is 6.33. The van der Waals surface area contributed by atoms with Crippen molar-refractivity contribution >= 4 is 17.5 Å². The van der Waals surface area contributed by atoms with Crippen LogP contribution in [0.2, 0.25) is 5.02 Å². The van der Waals surface area contributed by atoms with Crippen LogP contribution in [0.15, 0.2) is 48.8 Å². The minimum absolute atomic E-state index is 0.144. The lowest BCUT2D eigenvalue weighted by molar-refractivity contribution is 0.0680. The molecule has 2 rings (SSSR count). The molecular formula is C16H17ClN2O2. The molecule has 4 nitrogen and oxygen atoms in total. The van der Waals surface area contributed by atoms with E-state index in [2.05, 4.69) is 4.98 Å². The molecular weight excluding hydrogens is 288 g/mol. The quantitative estimate of drug-likeness (QED) is 0.824. The number of carbonyl (C=O) groups excluding carboxylic acids is 1. The Balaban J connectivity index is 2.19. The van der Waals surface area contributed by atoms with Crippen LogP contribution in [-0.2, 0) is 11.3 Å². The summed E-state index contributed by atoms with van der Waals surface area (Å²) in [6.45, 7) is 1.47. The average molecular weight is 305 g/mol. The van der Waals surface area contributed by atoms with Crippen LogP contribution in [-0.4, -0.2) is 36.1 Å². The molecule has 0 spiro atoms. The van der Waals surface area contributed by atoms with Crippen LogP contribution in [0.25, 0.3) is 0 Å². The van der Waals surface area contributed by atoms with Gasteiger partial charge in [0, 0.05) is 32.6 Å². The summed E-state index contributed by atoms with van der Waals surface area (Å²) in [6, 6.07) is 11.4. The Kier molecular flexibility index (Phi) is 5.72. The molecule has 0 atom stereocenters. The van der Waals surface area contributed by atoms with E-state index < -0.39 is 0 Å². The summed E-state index contributed by atoms with van der Waals surface area (Å²) in [4.78, 5) is 18.3. The van der Waals surface area contributed by atoms with Gasteiger partial charge in [0.25, 0.3) is 5.91 Å². The molecule has 1 amide bonds. The normalized spacial score (nSPS) is 10.4. The number of carbonyl (C=O) groups is 1. The average Bonchev–Trinajstić information content (AvgIpc) is 2.52. The molecule has 0 bridgehead atoms. The van der Waals surface area contributed by atoms with E-state index >= 15 is 0 Å². The summed E-state index contributed by atoms with van der Waals surface area (Å²) in [5.74, 6) is -0.144. The van der Waals surface area contributed by atoms with Crippen LogP contribution in [0.3, 0.4) is 0 Å². The molecule has 21 heavy (non-hydrogen) atoms. The number of pyridine rings is 1. The highest BCUT2D eigenvalue weighted by Crippen LogP contribution is 2.17. The highest BCUT2D eigenvalue weighted by Gasteiger charge is 2.18. The molecule has 5 heteroatoms. The van der Waals surface area contributed by atoms with Gasteiger partial charge in [0.05, 0.1) is 17.2 Å². The summed E-state index contributed by atoms with van der Waals surface area (Å²) >= 11 is 6.08. The molecule has 1 aromatic heterocycles. The van der Waals surface area contributed by atoms with Gasteiger partial charge in [-0.15, -0.1) is 0 Å². The van der Waals surface area contributed by atoms with Gasteiger partial charge in [0.2, 0.25) is 0 Å². The van der Waals surface area contributed by atoms with E-state index in [4.69, 9.17) is 16.3 Å². The molecule has 0 N–H and O–H groups in total. The van der Waals surface area contributed by atoms with Crippen molar-refractivity contribution in [2.45, 2.75) is 6.54 Å². The molecule has 0 fully saturated rings. The summed E-state index contributed by atoms with van der Waals surface area (Å²) in [5.41, 5.74) is 1.47. The van der Waals surface area contributed by atoms with E-state index in [1.54, 1.807) is 24.3 Å². The van der Waals surface area contributed by atoms with Gasteiger partial charge in [-0.3, -0.25) is 9.78 Å². The zero-order chi connectivity index (χ0) is 15.1. The van der Waals surface area contributed by atoms with E-state index in [0.717, 1.165) is 5.56 Å². The van der Waals surface area contributed by atoms with Crippen molar-refractivity contribution in [1.82, 2.24) is 9.88 Å². The number of amides is 1. The number of hydrogen-bond donors (Lipinski definition) is 0. The summed E-state index contributed by atoms with van der Waals surface area (Å²) in [7, 11) is 1.61. The highest BCUT2D eigenvalue weighted by atomic mass is 35.5. The molecule has 0 aliphatic rings. The summed E-state index contributed by atoms with van der Waals surface area (Å²) < 4.78 is 5.08. The largest absolute Gasteiger partial charge is 0.383 e. The van der Waals surface area contributed by atoms with E-state index in [-0.39, 0.29) is 5.91 Å². The Morgan fingerprint density at radius 1 is 1.29 bits per heavy atom. The minimum atomic E-state index is -0.144. The molecule has 0 unspecified atom stereocenters. The zero-order valence-electron chi connectivity index (χ0n) is 11.8. The first-order valence-corrected chi connectivity index (χ1v) is 7.02. The van der Waals surface area contributed by atoms with Crippen LogP contribution in [0.4, 0.5) is 0 Å². The molecule has 0 saturated heterocycles. The first kappa shape index (κ1) is 15.5. The van der Waals surface area contributed by atoms with Gasteiger partial charge in [-0.25, -0.2) is 0 Å². The number of hydrogen-bond acceptors (Lipinski definition) is 3. The van der Waals surface area contributed by atoms with E-state index in [1.807, 2.05) is 30.3 Å². The summed E-state index contributed by atoms with van der Waals surface area (Å²) in [6.07, 6.45) is 3.06. The fourth-order valence-electron chi connectivity index (χ4n) is 1.96. The molecule has 1 heterocycles. The number of aromatic nitrogens is 1. The number of nitrogens with zero attached hydrogens (tertiary/aromatic N) is 2. The van der Waals surface area contributed by atoms with E-state index in [0.29, 0.717) is 30.3 Å². The lowest BCUT2D eigenvalue weighted by Gasteiger charge is -2.23.